The second kappa shape index (κ2) is 3.55. The van der Waals surface area contributed by atoms with Gasteiger partial charge in [-0.3, -0.25) is 0 Å². The number of aromatic nitrogens is 1. The molecule has 0 radical (unpaired) electrons. The standard InChI is InChI=1S/C14H18BrNO/c1-13(2)9-6-7-10(13)14(17,8-9)11-4-3-5-12(15)16-11/h3-5,9-10,17H,6-8H2,1-2H3/t9-,10-,14-/m1/s1. The van der Waals surface area contributed by atoms with Crippen molar-refractivity contribution in [3.05, 3.63) is 28.5 Å². The number of nitrogens with zero attached hydrogens (tertiary/aromatic N) is 1. The molecule has 3 rings (SSSR count). The van der Waals surface area contributed by atoms with Crippen LogP contribution < -0.4 is 0 Å². The van der Waals surface area contributed by atoms with Crippen molar-refractivity contribution in [2.75, 3.05) is 0 Å². The third-order valence-corrected chi connectivity index (χ3v) is 5.49. The highest BCUT2D eigenvalue weighted by Gasteiger charge is 2.61. The SMILES string of the molecule is CC1(C)[C@@H]2CC[C@H]1[C@@](O)(c1cccc(Br)n1)C2. The molecule has 0 saturated heterocycles. The van der Waals surface area contributed by atoms with Gasteiger partial charge in [0.05, 0.1) is 5.69 Å². The summed E-state index contributed by atoms with van der Waals surface area (Å²) >= 11 is 3.39. The smallest absolute Gasteiger partial charge is 0.110 e. The zero-order valence-electron chi connectivity index (χ0n) is 10.3. The van der Waals surface area contributed by atoms with Gasteiger partial charge in [-0.15, -0.1) is 0 Å². The number of hydrogen-bond donors (Lipinski definition) is 1. The van der Waals surface area contributed by atoms with Crippen LogP contribution in [0.25, 0.3) is 0 Å². The Hall–Kier alpha value is -0.410. The Kier molecular flexibility index (Phi) is 2.43. The van der Waals surface area contributed by atoms with Crippen LogP contribution in [0.5, 0.6) is 0 Å². The molecule has 1 aromatic heterocycles. The molecule has 0 spiro atoms. The van der Waals surface area contributed by atoms with Crippen molar-refractivity contribution < 1.29 is 5.11 Å². The van der Waals surface area contributed by atoms with Gasteiger partial charge in [0.25, 0.3) is 0 Å². The summed E-state index contributed by atoms with van der Waals surface area (Å²) in [4.78, 5) is 4.48. The minimum absolute atomic E-state index is 0.249. The van der Waals surface area contributed by atoms with Crippen molar-refractivity contribution in [2.24, 2.45) is 17.3 Å². The van der Waals surface area contributed by atoms with Crippen molar-refractivity contribution in [3.63, 3.8) is 0 Å². The molecule has 2 aliphatic rings. The van der Waals surface area contributed by atoms with E-state index >= 15 is 0 Å². The minimum Gasteiger partial charge on any atom is -0.383 e. The van der Waals surface area contributed by atoms with Crippen molar-refractivity contribution >= 4 is 15.9 Å². The lowest BCUT2D eigenvalue weighted by atomic mass is 9.76. The first-order chi connectivity index (χ1) is 7.94. The summed E-state index contributed by atoms with van der Waals surface area (Å²) in [6, 6.07) is 5.83. The maximum atomic E-state index is 11.0. The molecule has 2 nitrogen and oxygen atoms in total. The van der Waals surface area contributed by atoms with E-state index in [1.165, 1.54) is 6.42 Å². The molecule has 0 amide bonds. The molecule has 2 aliphatic carbocycles. The molecule has 17 heavy (non-hydrogen) atoms. The van der Waals surface area contributed by atoms with Crippen LogP contribution >= 0.6 is 15.9 Å². The van der Waals surface area contributed by atoms with Gasteiger partial charge in [0.2, 0.25) is 0 Å². The van der Waals surface area contributed by atoms with Gasteiger partial charge in [0.15, 0.2) is 0 Å². The molecule has 92 valence electrons. The number of fused-ring (bicyclic) bond motifs is 2. The predicted octanol–water partition coefficient (Wildman–Crippen LogP) is 3.49. The molecule has 1 N–H and O–H groups in total. The number of halogens is 1. The number of hydrogen-bond acceptors (Lipinski definition) is 2. The molecule has 2 saturated carbocycles. The Labute approximate surface area is 111 Å². The highest BCUT2D eigenvalue weighted by Crippen LogP contribution is 2.64. The Balaban J connectivity index is 2.04. The summed E-state index contributed by atoms with van der Waals surface area (Å²) < 4.78 is 0.809. The van der Waals surface area contributed by atoms with E-state index < -0.39 is 5.60 Å². The van der Waals surface area contributed by atoms with Crippen molar-refractivity contribution in [2.45, 2.75) is 38.7 Å². The van der Waals surface area contributed by atoms with Gasteiger partial charge in [-0.25, -0.2) is 4.98 Å². The first-order valence-corrected chi connectivity index (χ1v) is 7.09. The molecule has 1 heterocycles. The second-order valence-corrected chi connectivity index (χ2v) is 6.93. The van der Waals surface area contributed by atoms with Crippen LogP contribution in [0, 0.1) is 17.3 Å². The summed E-state index contributed by atoms with van der Waals surface area (Å²) in [6.45, 7) is 4.59. The van der Waals surface area contributed by atoms with Crippen LogP contribution in [0.3, 0.4) is 0 Å². The summed E-state index contributed by atoms with van der Waals surface area (Å²) in [5.74, 6) is 0.986. The van der Waals surface area contributed by atoms with E-state index in [1.807, 2.05) is 18.2 Å². The van der Waals surface area contributed by atoms with Crippen molar-refractivity contribution in [1.82, 2.24) is 4.98 Å². The molecular weight excluding hydrogens is 278 g/mol. The lowest BCUT2D eigenvalue weighted by Crippen LogP contribution is -2.35. The summed E-state index contributed by atoms with van der Waals surface area (Å²) in [5.41, 5.74) is 0.377. The fourth-order valence-electron chi connectivity index (χ4n) is 4.07. The molecule has 2 fully saturated rings. The van der Waals surface area contributed by atoms with Gasteiger partial charge < -0.3 is 5.11 Å². The van der Waals surface area contributed by atoms with E-state index in [1.54, 1.807) is 0 Å². The average Bonchev–Trinajstić information content (AvgIpc) is 2.65. The number of pyridine rings is 1. The Bertz CT molecular complexity index is 459. The molecule has 1 aromatic rings. The largest absolute Gasteiger partial charge is 0.383 e. The van der Waals surface area contributed by atoms with E-state index in [4.69, 9.17) is 0 Å². The van der Waals surface area contributed by atoms with Crippen LogP contribution in [0.2, 0.25) is 0 Å². The topological polar surface area (TPSA) is 33.1 Å². The Morgan fingerprint density at radius 1 is 1.35 bits per heavy atom. The molecule has 3 heteroatoms. The second-order valence-electron chi connectivity index (χ2n) is 6.12. The van der Waals surface area contributed by atoms with Crippen LogP contribution in [0.1, 0.15) is 38.8 Å². The maximum absolute atomic E-state index is 11.0. The fourth-order valence-corrected chi connectivity index (χ4v) is 4.41. The zero-order valence-corrected chi connectivity index (χ0v) is 11.9. The van der Waals surface area contributed by atoms with Crippen LogP contribution in [0.15, 0.2) is 22.8 Å². The lowest BCUT2D eigenvalue weighted by molar-refractivity contribution is -0.0347. The first kappa shape index (κ1) is 11.7. The number of rotatable bonds is 1. The molecule has 2 bridgehead atoms. The molecular formula is C14H18BrNO. The Morgan fingerprint density at radius 3 is 2.65 bits per heavy atom. The molecule has 0 aromatic carbocycles. The first-order valence-electron chi connectivity index (χ1n) is 6.30. The maximum Gasteiger partial charge on any atom is 0.110 e. The van der Waals surface area contributed by atoms with E-state index in [0.717, 1.165) is 23.1 Å². The highest BCUT2D eigenvalue weighted by molar-refractivity contribution is 9.10. The predicted molar refractivity (Wildman–Crippen MR) is 70.4 cm³/mol. The summed E-state index contributed by atoms with van der Waals surface area (Å²) in [5, 5.41) is 11.0. The van der Waals surface area contributed by atoms with Gasteiger partial charge >= 0.3 is 0 Å². The van der Waals surface area contributed by atoms with Gasteiger partial charge in [-0.05, 0) is 64.6 Å². The average molecular weight is 296 g/mol. The van der Waals surface area contributed by atoms with Crippen molar-refractivity contribution in [1.29, 1.82) is 0 Å². The normalized spacial score (nSPS) is 38.6. The Morgan fingerprint density at radius 2 is 2.12 bits per heavy atom. The fraction of sp³-hybridized carbons (Fsp3) is 0.643. The van der Waals surface area contributed by atoms with E-state index in [2.05, 4.69) is 34.8 Å². The van der Waals surface area contributed by atoms with Gasteiger partial charge in [0, 0.05) is 0 Å². The zero-order chi connectivity index (χ0) is 12.3. The van der Waals surface area contributed by atoms with Crippen molar-refractivity contribution in [3.8, 4) is 0 Å². The summed E-state index contributed by atoms with van der Waals surface area (Å²) in [6.07, 6.45) is 3.25. The van der Waals surface area contributed by atoms with E-state index in [-0.39, 0.29) is 5.41 Å². The van der Waals surface area contributed by atoms with Gasteiger partial charge in [-0.2, -0.15) is 0 Å². The van der Waals surface area contributed by atoms with Crippen LogP contribution in [0.4, 0.5) is 0 Å². The lowest BCUT2D eigenvalue weighted by Gasteiger charge is -2.34. The highest BCUT2D eigenvalue weighted by atomic mass is 79.9. The molecule has 0 aliphatic heterocycles. The van der Waals surface area contributed by atoms with Crippen LogP contribution in [-0.4, -0.2) is 10.1 Å². The molecule has 3 atom stereocenters. The number of aliphatic hydroxyl groups is 1. The van der Waals surface area contributed by atoms with E-state index in [0.29, 0.717) is 11.8 Å². The van der Waals surface area contributed by atoms with Crippen LogP contribution in [-0.2, 0) is 5.60 Å². The molecule has 0 unspecified atom stereocenters. The summed E-state index contributed by atoms with van der Waals surface area (Å²) in [7, 11) is 0. The third kappa shape index (κ3) is 1.52. The van der Waals surface area contributed by atoms with Gasteiger partial charge in [-0.1, -0.05) is 19.9 Å². The quantitative estimate of drug-likeness (QED) is 0.805. The monoisotopic (exact) mass is 295 g/mol. The van der Waals surface area contributed by atoms with Gasteiger partial charge in [0.1, 0.15) is 10.2 Å². The van der Waals surface area contributed by atoms with E-state index in [9.17, 15) is 5.11 Å². The minimum atomic E-state index is -0.712. The third-order valence-electron chi connectivity index (χ3n) is 5.05.